The highest BCUT2D eigenvalue weighted by atomic mass is 32.2. The number of benzene rings is 2. The Morgan fingerprint density at radius 2 is 1.69 bits per heavy atom. The second-order valence-electron chi connectivity index (χ2n) is 8.08. The van der Waals surface area contributed by atoms with Crippen LogP contribution in [0.4, 0.5) is 0 Å². The Morgan fingerprint density at radius 3 is 2.29 bits per heavy atom. The minimum Gasteiger partial charge on any atom is -0.494 e. The highest BCUT2D eigenvalue weighted by Gasteiger charge is 2.26. The summed E-state index contributed by atoms with van der Waals surface area (Å²) in [6.07, 6.45) is 0. The van der Waals surface area contributed by atoms with Crippen LogP contribution in [0.15, 0.2) is 52.3 Å². The quantitative estimate of drug-likeness (QED) is 0.479. The van der Waals surface area contributed by atoms with Crippen LogP contribution in [0.1, 0.15) is 25.0 Å². The molecular weight excluding hydrogens is 494 g/mol. The third kappa shape index (κ3) is 6.79. The molecule has 3 rings (SSSR count). The minimum absolute atomic E-state index is 0.0372. The van der Waals surface area contributed by atoms with Gasteiger partial charge in [-0.1, -0.05) is 12.1 Å². The maximum atomic E-state index is 12.7. The Kier molecular flexibility index (Phi) is 8.89. The molecule has 0 aliphatic carbocycles. The molecule has 2 N–H and O–H groups in total. The molecule has 1 heterocycles. The number of hydrogen-bond acceptors (Lipinski definition) is 7. The summed E-state index contributed by atoms with van der Waals surface area (Å²) >= 11 is 0. The second-order valence-corrected chi connectivity index (χ2v) is 11.7. The zero-order valence-corrected chi connectivity index (χ0v) is 21.6. The van der Waals surface area contributed by atoms with Crippen LogP contribution in [0.2, 0.25) is 0 Å². The Hall–Kier alpha value is -2.51. The number of amides is 1. The summed E-state index contributed by atoms with van der Waals surface area (Å²) in [6.45, 7) is 6.97. The summed E-state index contributed by atoms with van der Waals surface area (Å²) < 4.78 is 65.2. The topological polar surface area (TPSA) is 131 Å². The van der Waals surface area contributed by atoms with Crippen molar-refractivity contribution < 1.29 is 31.1 Å². The number of carbonyl (C=O) groups excluding carboxylic acids is 1. The number of sulfonamides is 2. The van der Waals surface area contributed by atoms with Crippen LogP contribution in [-0.2, 0) is 36.1 Å². The molecule has 2 aromatic carbocycles. The van der Waals surface area contributed by atoms with E-state index in [2.05, 4.69) is 10.0 Å². The van der Waals surface area contributed by atoms with Crippen molar-refractivity contribution in [2.45, 2.75) is 43.1 Å². The zero-order chi connectivity index (χ0) is 25.6. The van der Waals surface area contributed by atoms with Crippen molar-refractivity contribution in [1.29, 1.82) is 0 Å². The van der Waals surface area contributed by atoms with E-state index in [9.17, 15) is 21.6 Å². The van der Waals surface area contributed by atoms with Gasteiger partial charge in [0.05, 0.1) is 35.7 Å². The van der Waals surface area contributed by atoms with Crippen molar-refractivity contribution in [2.75, 3.05) is 32.9 Å². The molecule has 12 heteroatoms. The van der Waals surface area contributed by atoms with Gasteiger partial charge in [-0.15, -0.1) is 0 Å². The lowest BCUT2D eigenvalue weighted by molar-refractivity contribution is -0.122. The number of carbonyl (C=O) groups is 1. The lowest BCUT2D eigenvalue weighted by Crippen LogP contribution is -2.44. The fraction of sp³-hybridized carbons (Fsp3) is 0.435. The molecular formula is C23H31N3O7S2. The molecule has 2 aromatic rings. The van der Waals surface area contributed by atoms with Gasteiger partial charge >= 0.3 is 0 Å². The number of morpholine rings is 1. The lowest BCUT2D eigenvalue weighted by Gasteiger charge is -2.26. The lowest BCUT2D eigenvalue weighted by atomic mass is 10.2. The molecule has 35 heavy (non-hydrogen) atoms. The largest absolute Gasteiger partial charge is 0.494 e. The Balaban J connectivity index is 1.57. The summed E-state index contributed by atoms with van der Waals surface area (Å²) in [5.74, 6) is 0.0854. The predicted molar refractivity (Wildman–Crippen MR) is 130 cm³/mol. The van der Waals surface area contributed by atoms with Gasteiger partial charge in [-0.3, -0.25) is 4.79 Å². The molecule has 0 spiro atoms. The van der Waals surface area contributed by atoms with E-state index in [0.717, 1.165) is 0 Å². The summed E-state index contributed by atoms with van der Waals surface area (Å²) in [5.41, 5.74) is 1.35. The number of aryl methyl sites for hydroxylation is 1. The molecule has 0 unspecified atom stereocenters. The van der Waals surface area contributed by atoms with Gasteiger partial charge in [-0.25, -0.2) is 16.8 Å². The summed E-state index contributed by atoms with van der Waals surface area (Å²) in [4.78, 5) is 12.7. The van der Waals surface area contributed by atoms with E-state index < -0.39 is 32.0 Å². The van der Waals surface area contributed by atoms with Gasteiger partial charge in [0.1, 0.15) is 5.75 Å². The predicted octanol–water partition coefficient (Wildman–Crippen LogP) is 1.40. The molecule has 1 amide bonds. The standard InChI is InChI=1S/C23H31N3O7S2/c1-4-33-22-10-9-21(15-17(22)2)34(28,29)25-18(3)23(27)24-16-19-5-7-20(8-6-19)35(30,31)26-11-13-32-14-12-26/h5-10,15,18,25H,4,11-14,16H2,1-3H3,(H,24,27)/t18-/m1/s1. The third-order valence-corrected chi connectivity index (χ3v) is 8.93. The Bertz CT molecular complexity index is 1240. The first-order valence-corrected chi connectivity index (χ1v) is 14.2. The normalized spacial score (nSPS) is 16.0. The molecule has 1 atom stereocenters. The van der Waals surface area contributed by atoms with Gasteiger partial charge in [0.25, 0.3) is 0 Å². The minimum atomic E-state index is -3.92. The van der Waals surface area contributed by atoms with Gasteiger partial charge < -0.3 is 14.8 Å². The fourth-order valence-electron chi connectivity index (χ4n) is 3.52. The monoisotopic (exact) mass is 525 g/mol. The second kappa shape index (κ2) is 11.5. The molecule has 0 bridgehead atoms. The molecule has 0 saturated carbocycles. The van der Waals surface area contributed by atoms with Crippen molar-refractivity contribution in [3.63, 3.8) is 0 Å². The summed E-state index contributed by atoms with van der Waals surface area (Å²) in [5, 5.41) is 2.67. The van der Waals surface area contributed by atoms with Crippen LogP contribution in [0.5, 0.6) is 5.75 Å². The molecule has 1 aliphatic heterocycles. The molecule has 192 valence electrons. The molecule has 1 fully saturated rings. The summed E-state index contributed by atoms with van der Waals surface area (Å²) in [7, 11) is -7.52. The molecule has 1 aliphatic rings. The van der Waals surface area contributed by atoms with E-state index in [0.29, 0.717) is 49.8 Å². The van der Waals surface area contributed by atoms with Crippen molar-refractivity contribution in [2.24, 2.45) is 0 Å². The number of nitrogens with one attached hydrogen (secondary N) is 2. The maximum Gasteiger partial charge on any atom is 0.243 e. The number of ether oxygens (including phenoxy) is 2. The van der Waals surface area contributed by atoms with E-state index in [1.54, 1.807) is 25.1 Å². The van der Waals surface area contributed by atoms with Gasteiger partial charge in [0.15, 0.2) is 0 Å². The van der Waals surface area contributed by atoms with Gasteiger partial charge in [0, 0.05) is 19.6 Å². The zero-order valence-electron chi connectivity index (χ0n) is 20.0. The van der Waals surface area contributed by atoms with E-state index >= 15 is 0 Å². The highest BCUT2D eigenvalue weighted by Crippen LogP contribution is 2.22. The van der Waals surface area contributed by atoms with Crippen LogP contribution in [0.3, 0.4) is 0 Å². The molecule has 10 nitrogen and oxygen atoms in total. The first-order valence-electron chi connectivity index (χ1n) is 11.2. The van der Waals surface area contributed by atoms with Crippen LogP contribution in [0.25, 0.3) is 0 Å². The molecule has 1 saturated heterocycles. The number of nitrogens with zero attached hydrogens (tertiary/aromatic N) is 1. The average Bonchev–Trinajstić information content (AvgIpc) is 2.84. The van der Waals surface area contributed by atoms with Crippen molar-refractivity contribution in [3.05, 3.63) is 53.6 Å². The Morgan fingerprint density at radius 1 is 1.06 bits per heavy atom. The molecule has 0 radical (unpaired) electrons. The Labute approximate surface area is 206 Å². The highest BCUT2D eigenvalue weighted by molar-refractivity contribution is 7.89. The fourth-order valence-corrected chi connectivity index (χ4v) is 6.21. The molecule has 0 aromatic heterocycles. The van der Waals surface area contributed by atoms with Gasteiger partial charge in [-0.05, 0) is 62.2 Å². The average molecular weight is 526 g/mol. The SMILES string of the molecule is CCOc1ccc(S(=O)(=O)N[C@H](C)C(=O)NCc2ccc(S(=O)(=O)N3CCOCC3)cc2)cc1C. The van der Waals surface area contributed by atoms with Crippen molar-refractivity contribution in [3.8, 4) is 5.75 Å². The smallest absolute Gasteiger partial charge is 0.243 e. The van der Waals surface area contributed by atoms with Crippen LogP contribution in [-0.4, -0.2) is 66.0 Å². The maximum absolute atomic E-state index is 12.7. The van der Waals surface area contributed by atoms with E-state index in [4.69, 9.17) is 9.47 Å². The first kappa shape index (κ1) is 27.1. The summed E-state index contributed by atoms with van der Waals surface area (Å²) in [6, 6.07) is 9.70. The number of rotatable bonds is 10. The number of hydrogen-bond donors (Lipinski definition) is 2. The van der Waals surface area contributed by atoms with Crippen molar-refractivity contribution >= 4 is 26.0 Å². The van der Waals surface area contributed by atoms with Crippen molar-refractivity contribution in [1.82, 2.24) is 14.3 Å². The van der Waals surface area contributed by atoms with E-state index in [1.807, 2.05) is 6.92 Å². The third-order valence-electron chi connectivity index (χ3n) is 5.48. The van der Waals surface area contributed by atoms with Crippen LogP contribution in [0, 0.1) is 6.92 Å². The van der Waals surface area contributed by atoms with E-state index in [1.165, 1.54) is 35.5 Å². The van der Waals surface area contributed by atoms with E-state index in [-0.39, 0.29) is 16.3 Å². The first-order chi connectivity index (χ1) is 16.5. The van der Waals surface area contributed by atoms with Crippen LogP contribution >= 0.6 is 0 Å². The van der Waals surface area contributed by atoms with Gasteiger partial charge in [0.2, 0.25) is 26.0 Å². The van der Waals surface area contributed by atoms with Crippen LogP contribution < -0.4 is 14.8 Å². The van der Waals surface area contributed by atoms with Gasteiger partial charge in [-0.2, -0.15) is 9.03 Å².